The monoisotopic (exact) mass is 502 g/mol. The van der Waals surface area contributed by atoms with Crippen LogP contribution in [0.15, 0.2) is 47.5 Å². The number of rotatable bonds is 10. The lowest BCUT2D eigenvalue weighted by Crippen LogP contribution is -2.48. The van der Waals surface area contributed by atoms with Crippen molar-refractivity contribution >= 4 is 27.5 Å². The van der Waals surface area contributed by atoms with Crippen LogP contribution in [0.3, 0.4) is 0 Å². The van der Waals surface area contributed by atoms with Crippen LogP contribution in [-0.4, -0.2) is 53.1 Å². The molecule has 1 saturated carbocycles. The van der Waals surface area contributed by atoms with Crippen LogP contribution in [0, 0.1) is 5.92 Å². The molecule has 1 fully saturated rings. The van der Waals surface area contributed by atoms with Crippen LogP contribution in [0.2, 0.25) is 0 Å². The molecule has 1 N–H and O–H groups in total. The summed E-state index contributed by atoms with van der Waals surface area (Å²) in [4.78, 5) is 26.8. The zero-order valence-electron chi connectivity index (χ0n) is 21.2. The molecule has 2 aromatic rings. The second-order valence-corrected chi connectivity index (χ2v) is 11.7. The van der Waals surface area contributed by atoms with Gasteiger partial charge in [0.2, 0.25) is 21.8 Å². The number of benzene rings is 1. The summed E-state index contributed by atoms with van der Waals surface area (Å²) in [6.45, 7) is 6.31. The predicted molar refractivity (Wildman–Crippen MR) is 137 cm³/mol. The molecule has 35 heavy (non-hydrogen) atoms. The van der Waals surface area contributed by atoms with Crippen LogP contribution in [-0.2, 0) is 33.2 Å². The van der Waals surface area contributed by atoms with Crippen LogP contribution in [0.1, 0.15) is 58.6 Å². The average molecular weight is 503 g/mol. The standard InChI is InChI=1S/C26H38N4O4S/c1-20(2)17-29(18-24-11-8-16-28(24)4)26(32)19-30(23-9-6-5-7-10-23)35(33,34)25-14-12-22(13-15-25)27-21(3)31/h8,11-16,20,23H,5-7,9-10,17-19H2,1-4H3,(H,27,31). The van der Waals surface area contributed by atoms with Crippen molar-refractivity contribution < 1.29 is 18.0 Å². The number of hydrogen-bond acceptors (Lipinski definition) is 4. The summed E-state index contributed by atoms with van der Waals surface area (Å²) in [6.07, 6.45) is 6.42. The number of anilines is 1. The minimum Gasteiger partial charge on any atom is -0.353 e. The Kier molecular flexibility index (Phi) is 9.13. The number of nitrogens with zero attached hydrogens (tertiary/aromatic N) is 3. The first-order valence-corrected chi connectivity index (χ1v) is 13.8. The van der Waals surface area contributed by atoms with Gasteiger partial charge in [0.25, 0.3) is 0 Å². The third-order valence-electron chi connectivity index (χ3n) is 6.40. The molecule has 0 saturated heterocycles. The molecule has 9 heteroatoms. The van der Waals surface area contributed by atoms with Gasteiger partial charge in [-0.2, -0.15) is 4.31 Å². The van der Waals surface area contributed by atoms with E-state index in [-0.39, 0.29) is 35.2 Å². The third kappa shape index (κ3) is 7.18. The highest BCUT2D eigenvalue weighted by molar-refractivity contribution is 7.89. The number of nitrogens with one attached hydrogen (secondary N) is 1. The summed E-state index contributed by atoms with van der Waals surface area (Å²) in [5, 5.41) is 2.66. The van der Waals surface area contributed by atoms with E-state index in [0.717, 1.165) is 37.8 Å². The average Bonchev–Trinajstić information content (AvgIpc) is 3.21. The Hall–Kier alpha value is -2.65. The van der Waals surface area contributed by atoms with Gasteiger partial charge < -0.3 is 14.8 Å². The van der Waals surface area contributed by atoms with Crippen molar-refractivity contribution in [3.63, 3.8) is 0 Å². The highest BCUT2D eigenvalue weighted by atomic mass is 32.2. The zero-order valence-corrected chi connectivity index (χ0v) is 22.1. The molecule has 1 aromatic carbocycles. The van der Waals surface area contributed by atoms with Gasteiger partial charge >= 0.3 is 0 Å². The number of amides is 2. The van der Waals surface area contributed by atoms with E-state index in [9.17, 15) is 18.0 Å². The first kappa shape index (κ1) is 26.9. The quantitative estimate of drug-likeness (QED) is 0.532. The summed E-state index contributed by atoms with van der Waals surface area (Å²) >= 11 is 0. The largest absolute Gasteiger partial charge is 0.353 e. The maximum atomic E-state index is 13.8. The Morgan fingerprint density at radius 1 is 1.09 bits per heavy atom. The van der Waals surface area contributed by atoms with Crippen molar-refractivity contribution in [2.75, 3.05) is 18.4 Å². The third-order valence-corrected chi connectivity index (χ3v) is 8.31. The second kappa shape index (κ2) is 11.9. The van der Waals surface area contributed by atoms with E-state index in [2.05, 4.69) is 19.2 Å². The first-order chi connectivity index (χ1) is 16.6. The smallest absolute Gasteiger partial charge is 0.243 e. The number of aromatic nitrogens is 1. The Morgan fingerprint density at radius 3 is 2.29 bits per heavy atom. The molecular formula is C26H38N4O4S. The first-order valence-electron chi connectivity index (χ1n) is 12.4. The molecular weight excluding hydrogens is 464 g/mol. The van der Waals surface area contributed by atoms with Crippen molar-refractivity contribution in [2.24, 2.45) is 13.0 Å². The fourth-order valence-corrected chi connectivity index (χ4v) is 6.25. The number of aryl methyl sites for hydroxylation is 1. The van der Waals surface area contributed by atoms with Gasteiger partial charge in [-0.05, 0) is 55.2 Å². The number of sulfonamides is 1. The van der Waals surface area contributed by atoms with E-state index in [1.165, 1.54) is 23.4 Å². The number of hydrogen-bond donors (Lipinski definition) is 1. The molecule has 8 nitrogen and oxygen atoms in total. The topological polar surface area (TPSA) is 91.7 Å². The second-order valence-electron chi connectivity index (χ2n) is 9.83. The van der Waals surface area contributed by atoms with Crippen LogP contribution in [0.5, 0.6) is 0 Å². The van der Waals surface area contributed by atoms with E-state index in [1.54, 1.807) is 17.0 Å². The normalized spacial score (nSPS) is 14.9. The van der Waals surface area contributed by atoms with Crippen molar-refractivity contribution in [3.05, 3.63) is 48.3 Å². The van der Waals surface area contributed by atoms with Crippen LogP contribution >= 0.6 is 0 Å². The van der Waals surface area contributed by atoms with E-state index in [1.807, 2.05) is 29.9 Å². The van der Waals surface area contributed by atoms with E-state index in [0.29, 0.717) is 18.8 Å². The van der Waals surface area contributed by atoms with Gasteiger partial charge in [-0.25, -0.2) is 8.42 Å². The molecule has 0 spiro atoms. The maximum absolute atomic E-state index is 13.8. The lowest BCUT2D eigenvalue weighted by Gasteiger charge is -2.35. The summed E-state index contributed by atoms with van der Waals surface area (Å²) < 4.78 is 31.0. The van der Waals surface area contributed by atoms with Crippen LogP contribution < -0.4 is 5.32 Å². The van der Waals surface area contributed by atoms with Crippen molar-refractivity contribution in [2.45, 2.75) is 70.4 Å². The predicted octanol–water partition coefficient (Wildman–Crippen LogP) is 3.99. The van der Waals surface area contributed by atoms with Crippen molar-refractivity contribution in [1.82, 2.24) is 13.8 Å². The molecule has 1 heterocycles. The molecule has 0 atom stereocenters. The van der Waals surface area contributed by atoms with E-state index in [4.69, 9.17) is 0 Å². The fourth-order valence-electron chi connectivity index (χ4n) is 4.61. The lowest BCUT2D eigenvalue weighted by molar-refractivity contribution is -0.133. The highest BCUT2D eigenvalue weighted by Crippen LogP contribution is 2.29. The van der Waals surface area contributed by atoms with Gasteiger partial charge in [-0.3, -0.25) is 9.59 Å². The van der Waals surface area contributed by atoms with Crippen molar-refractivity contribution in [3.8, 4) is 0 Å². The van der Waals surface area contributed by atoms with Crippen molar-refractivity contribution in [1.29, 1.82) is 0 Å². The highest BCUT2D eigenvalue weighted by Gasteiger charge is 2.35. The fraction of sp³-hybridized carbons (Fsp3) is 0.538. The molecule has 3 rings (SSSR count). The summed E-state index contributed by atoms with van der Waals surface area (Å²) in [6, 6.07) is 9.87. The Labute approximate surface area is 209 Å². The van der Waals surface area contributed by atoms with E-state index >= 15 is 0 Å². The molecule has 0 unspecified atom stereocenters. The molecule has 0 aliphatic heterocycles. The Morgan fingerprint density at radius 2 is 1.74 bits per heavy atom. The SMILES string of the molecule is CC(=O)Nc1ccc(S(=O)(=O)N(CC(=O)N(Cc2cccn2C)CC(C)C)C2CCCCC2)cc1. The molecule has 192 valence electrons. The minimum absolute atomic E-state index is 0.128. The molecule has 1 aromatic heterocycles. The Balaban J connectivity index is 1.88. The van der Waals surface area contributed by atoms with Crippen LogP contribution in [0.25, 0.3) is 0 Å². The molecule has 2 amide bonds. The van der Waals surface area contributed by atoms with Gasteiger partial charge in [0.1, 0.15) is 0 Å². The Bertz CT molecular complexity index is 1100. The molecule has 0 bridgehead atoms. The maximum Gasteiger partial charge on any atom is 0.243 e. The van der Waals surface area contributed by atoms with Gasteiger partial charge in [0.15, 0.2) is 0 Å². The molecule has 1 aliphatic carbocycles. The molecule has 1 aliphatic rings. The van der Waals surface area contributed by atoms with E-state index < -0.39 is 10.0 Å². The zero-order chi connectivity index (χ0) is 25.6. The van der Waals surface area contributed by atoms with Crippen LogP contribution in [0.4, 0.5) is 5.69 Å². The summed E-state index contributed by atoms with van der Waals surface area (Å²) in [5.41, 5.74) is 1.53. The number of carbonyl (C=O) groups is 2. The molecule has 0 radical (unpaired) electrons. The number of carbonyl (C=O) groups excluding carboxylic acids is 2. The van der Waals surface area contributed by atoms with Gasteiger partial charge in [0.05, 0.1) is 18.0 Å². The van der Waals surface area contributed by atoms with Gasteiger partial charge in [-0.15, -0.1) is 0 Å². The lowest BCUT2D eigenvalue weighted by atomic mass is 9.95. The summed E-state index contributed by atoms with van der Waals surface area (Å²) in [7, 11) is -1.96. The summed E-state index contributed by atoms with van der Waals surface area (Å²) in [5.74, 6) is -0.164. The van der Waals surface area contributed by atoms with Gasteiger partial charge in [0, 0.05) is 44.1 Å². The van der Waals surface area contributed by atoms with Gasteiger partial charge in [-0.1, -0.05) is 33.1 Å². The minimum atomic E-state index is -3.91.